The second-order valence-electron chi connectivity index (χ2n) is 9.60. The minimum Gasteiger partial charge on any atom is -0.383 e. The average molecular weight is 535 g/mol. The zero-order chi connectivity index (χ0) is 27.6. The molecule has 1 fully saturated rings. The number of aromatic nitrogens is 5. The summed E-state index contributed by atoms with van der Waals surface area (Å²) in [6.07, 6.45) is 5.88. The number of fused-ring (bicyclic) bond motifs is 1. The van der Waals surface area contributed by atoms with Crippen molar-refractivity contribution in [3.8, 4) is 28.5 Å². The predicted octanol–water partition coefficient (Wildman–Crippen LogP) is 4.10. The van der Waals surface area contributed by atoms with Gasteiger partial charge in [0, 0.05) is 44.6 Å². The van der Waals surface area contributed by atoms with Crippen molar-refractivity contribution in [2.75, 3.05) is 31.9 Å². The van der Waals surface area contributed by atoms with E-state index in [2.05, 4.69) is 50.7 Å². The Kier molecular flexibility index (Phi) is 6.75. The lowest BCUT2D eigenvalue weighted by Crippen LogP contribution is -2.47. The predicted molar refractivity (Wildman–Crippen MR) is 152 cm³/mol. The van der Waals surface area contributed by atoms with Crippen molar-refractivity contribution in [3.05, 3.63) is 97.2 Å². The van der Waals surface area contributed by atoms with Crippen LogP contribution in [-0.4, -0.2) is 66.4 Å². The second kappa shape index (κ2) is 10.7. The summed E-state index contributed by atoms with van der Waals surface area (Å²) >= 11 is 0. The van der Waals surface area contributed by atoms with Crippen LogP contribution < -0.4 is 5.73 Å². The van der Waals surface area contributed by atoms with Crippen LogP contribution in [0.5, 0.6) is 0 Å². The Morgan fingerprint density at radius 2 is 1.75 bits per heavy atom. The standard InChI is InChI=1S/C30H27FN8O/c1-2-28(40)38-14-12-37(13-15-38)19-20-5-8-22(9-6-20)39-27-16-25(24-10-7-21(31)17-34-24)35-18-26(27)36-30(39)23-4-3-11-33-29(23)32/h2-11,16-18H,1,12-15,19H2,(H2,32,33). The monoisotopic (exact) mass is 534 g/mol. The summed E-state index contributed by atoms with van der Waals surface area (Å²) in [6, 6.07) is 16.9. The van der Waals surface area contributed by atoms with Crippen LogP contribution in [0, 0.1) is 5.82 Å². The lowest BCUT2D eigenvalue weighted by molar-refractivity contribution is -0.127. The van der Waals surface area contributed by atoms with Gasteiger partial charge in [0.05, 0.1) is 34.9 Å². The van der Waals surface area contributed by atoms with E-state index in [0.29, 0.717) is 47.2 Å². The molecule has 5 heterocycles. The number of imidazole rings is 1. The van der Waals surface area contributed by atoms with Crippen LogP contribution in [0.2, 0.25) is 0 Å². The fourth-order valence-electron chi connectivity index (χ4n) is 4.96. The summed E-state index contributed by atoms with van der Waals surface area (Å²) in [4.78, 5) is 33.9. The lowest BCUT2D eigenvalue weighted by Gasteiger charge is -2.34. The maximum atomic E-state index is 13.5. The molecule has 0 aliphatic carbocycles. The molecule has 5 aromatic rings. The molecular weight excluding hydrogens is 507 g/mol. The first-order valence-electron chi connectivity index (χ1n) is 12.9. The van der Waals surface area contributed by atoms with E-state index in [9.17, 15) is 9.18 Å². The number of nitrogens with zero attached hydrogens (tertiary/aromatic N) is 7. The van der Waals surface area contributed by atoms with Gasteiger partial charge in [-0.05, 0) is 54.1 Å². The van der Waals surface area contributed by atoms with Crippen molar-refractivity contribution in [2.24, 2.45) is 0 Å². The van der Waals surface area contributed by atoms with E-state index in [0.717, 1.165) is 36.4 Å². The first-order chi connectivity index (χ1) is 19.5. The number of piperazine rings is 1. The Bertz CT molecular complexity index is 1690. The van der Waals surface area contributed by atoms with E-state index >= 15 is 0 Å². The second-order valence-corrected chi connectivity index (χ2v) is 9.60. The number of nitrogen functional groups attached to an aromatic ring is 1. The van der Waals surface area contributed by atoms with E-state index in [1.54, 1.807) is 18.5 Å². The summed E-state index contributed by atoms with van der Waals surface area (Å²) < 4.78 is 15.5. The average Bonchev–Trinajstić information content (AvgIpc) is 3.37. The smallest absolute Gasteiger partial charge is 0.246 e. The molecule has 1 amide bonds. The number of amides is 1. The number of anilines is 1. The maximum Gasteiger partial charge on any atom is 0.246 e. The third-order valence-corrected chi connectivity index (χ3v) is 7.07. The molecule has 40 heavy (non-hydrogen) atoms. The summed E-state index contributed by atoms with van der Waals surface area (Å²) in [7, 11) is 0. The van der Waals surface area contributed by atoms with Gasteiger partial charge in [0.1, 0.15) is 23.0 Å². The highest BCUT2D eigenvalue weighted by molar-refractivity contribution is 5.87. The number of rotatable bonds is 6. The van der Waals surface area contributed by atoms with E-state index in [1.165, 1.54) is 18.3 Å². The normalized spacial score (nSPS) is 14.0. The van der Waals surface area contributed by atoms with Gasteiger partial charge in [-0.3, -0.25) is 24.2 Å². The zero-order valence-electron chi connectivity index (χ0n) is 21.7. The number of carbonyl (C=O) groups is 1. The molecule has 200 valence electrons. The van der Waals surface area contributed by atoms with E-state index in [4.69, 9.17) is 10.7 Å². The number of hydrogen-bond donors (Lipinski definition) is 1. The molecule has 10 heteroatoms. The third kappa shape index (κ3) is 4.92. The van der Waals surface area contributed by atoms with Crippen LogP contribution in [-0.2, 0) is 11.3 Å². The fourth-order valence-corrected chi connectivity index (χ4v) is 4.96. The summed E-state index contributed by atoms with van der Waals surface area (Å²) in [5.41, 5.74) is 11.7. The lowest BCUT2D eigenvalue weighted by atomic mass is 10.1. The Balaban J connectivity index is 1.35. The highest BCUT2D eigenvalue weighted by Crippen LogP contribution is 2.32. The SMILES string of the molecule is C=CC(=O)N1CCN(Cc2ccc(-n3c(-c4cccnc4N)nc4cnc(-c5ccc(F)cn5)cc43)cc2)CC1. The number of benzene rings is 1. The van der Waals surface area contributed by atoms with Gasteiger partial charge in [0.2, 0.25) is 5.91 Å². The third-order valence-electron chi connectivity index (χ3n) is 7.07. The van der Waals surface area contributed by atoms with Gasteiger partial charge in [-0.25, -0.2) is 14.4 Å². The van der Waals surface area contributed by atoms with Crippen molar-refractivity contribution >= 4 is 22.8 Å². The van der Waals surface area contributed by atoms with Crippen LogP contribution >= 0.6 is 0 Å². The Hall–Kier alpha value is -4.96. The number of hydrogen-bond acceptors (Lipinski definition) is 7. The van der Waals surface area contributed by atoms with Crippen molar-refractivity contribution in [3.63, 3.8) is 0 Å². The molecule has 0 atom stereocenters. The molecule has 0 bridgehead atoms. The number of carbonyl (C=O) groups excluding carboxylic acids is 1. The van der Waals surface area contributed by atoms with Crippen LogP contribution in [0.1, 0.15) is 5.56 Å². The van der Waals surface area contributed by atoms with Crippen LogP contribution in [0.3, 0.4) is 0 Å². The van der Waals surface area contributed by atoms with Gasteiger partial charge in [-0.2, -0.15) is 0 Å². The first-order valence-corrected chi connectivity index (χ1v) is 12.9. The Morgan fingerprint density at radius 1 is 0.975 bits per heavy atom. The van der Waals surface area contributed by atoms with Crippen molar-refractivity contribution in [2.45, 2.75) is 6.54 Å². The molecule has 1 aromatic carbocycles. The van der Waals surface area contributed by atoms with Crippen molar-refractivity contribution in [1.82, 2.24) is 34.3 Å². The molecule has 1 aliphatic rings. The van der Waals surface area contributed by atoms with Crippen LogP contribution in [0.15, 0.2) is 85.8 Å². The van der Waals surface area contributed by atoms with Crippen LogP contribution in [0.25, 0.3) is 39.5 Å². The molecule has 4 aromatic heterocycles. The molecule has 0 unspecified atom stereocenters. The minimum atomic E-state index is -0.406. The molecule has 1 aliphatic heterocycles. The summed E-state index contributed by atoms with van der Waals surface area (Å²) in [5.74, 6) is 0.590. The van der Waals surface area contributed by atoms with E-state index in [-0.39, 0.29) is 5.91 Å². The van der Waals surface area contributed by atoms with Gasteiger partial charge >= 0.3 is 0 Å². The molecule has 2 N–H and O–H groups in total. The molecular formula is C30H27FN8O. The highest BCUT2D eigenvalue weighted by atomic mass is 19.1. The van der Waals surface area contributed by atoms with Gasteiger partial charge < -0.3 is 10.6 Å². The van der Waals surface area contributed by atoms with E-state index < -0.39 is 5.82 Å². The van der Waals surface area contributed by atoms with Gasteiger partial charge in [0.25, 0.3) is 0 Å². The van der Waals surface area contributed by atoms with Crippen LogP contribution in [0.4, 0.5) is 10.2 Å². The Labute approximate surface area is 230 Å². The van der Waals surface area contributed by atoms with E-state index in [1.807, 2.05) is 27.7 Å². The molecule has 0 spiro atoms. The number of halogens is 1. The fraction of sp³-hybridized carbons (Fsp3) is 0.167. The number of nitrogens with two attached hydrogens (primary N) is 1. The zero-order valence-corrected chi connectivity index (χ0v) is 21.7. The molecule has 0 saturated carbocycles. The van der Waals surface area contributed by atoms with Gasteiger partial charge in [-0.15, -0.1) is 0 Å². The van der Waals surface area contributed by atoms with Crippen molar-refractivity contribution in [1.29, 1.82) is 0 Å². The van der Waals surface area contributed by atoms with Gasteiger partial charge in [-0.1, -0.05) is 18.7 Å². The summed E-state index contributed by atoms with van der Waals surface area (Å²) in [6.45, 7) is 7.38. The highest BCUT2D eigenvalue weighted by Gasteiger charge is 2.21. The largest absolute Gasteiger partial charge is 0.383 e. The topological polar surface area (TPSA) is 106 Å². The molecule has 0 radical (unpaired) electrons. The molecule has 6 rings (SSSR count). The first kappa shape index (κ1) is 25.3. The summed E-state index contributed by atoms with van der Waals surface area (Å²) in [5, 5.41) is 0. The van der Waals surface area contributed by atoms with Gasteiger partial charge in [0.15, 0.2) is 0 Å². The quantitative estimate of drug-likeness (QED) is 0.327. The minimum absolute atomic E-state index is 0.0183. The Morgan fingerprint density at radius 3 is 2.45 bits per heavy atom. The molecule has 9 nitrogen and oxygen atoms in total. The number of pyridine rings is 3. The molecule has 1 saturated heterocycles. The maximum absolute atomic E-state index is 13.5. The van der Waals surface area contributed by atoms with Crippen molar-refractivity contribution < 1.29 is 9.18 Å².